The molecule has 0 nitrogen and oxygen atoms in total. The highest BCUT2D eigenvalue weighted by molar-refractivity contribution is 5.64. The number of aryl methyl sites for hydroxylation is 1. The van der Waals surface area contributed by atoms with Gasteiger partial charge in [0, 0.05) is 0 Å². The van der Waals surface area contributed by atoms with E-state index in [1.54, 1.807) is 0 Å². The van der Waals surface area contributed by atoms with Gasteiger partial charge in [0.25, 0.3) is 0 Å². The largest absolute Gasteiger partial charge is 0.0795 e. The maximum atomic E-state index is 2.23. The standard InChI is InChI=1S/C11H12/c1-8-6-7-10-4-3-5-11(10)9(8)2/h3,5-7H,4H2,1-2H3. The minimum Gasteiger partial charge on any atom is -0.0795 e. The summed E-state index contributed by atoms with van der Waals surface area (Å²) < 4.78 is 0. The molecule has 0 radical (unpaired) electrons. The Morgan fingerprint density at radius 2 is 2.00 bits per heavy atom. The van der Waals surface area contributed by atoms with Crippen LogP contribution in [0.25, 0.3) is 6.08 Å². The van der Waals surface area contributed by atoms with E-state index in [-0.39, 0.29) is 0 Å². The second-order valence-electron chi connectivity index (χ2n) is 3.19. The average Bonchev–Trinajstić information content (AvgIpc) is 2.45. The van der Waals surface area contributed by atoms with E-state index < -0.39 is 0 Å². The van der Waals surface area contributed by atoms with Crippen LogP contribution in [0.3, 0.4) is 0 Å². The van der Waals surface area contributed by atoms with Crippen LogP contribution < -0.4 is 0 Å². The van der Waals surface area contributed by atoms with Crippen molar-refractivity contribution in [1.82, 2.24) is 0 Å². The third-order valence-corrected chi connectivity index (χ3v) is 2.50. The van der Waals surface area contributed by atoms with Crippen LogP contribution >= 0.6 is 0 Å². The monoisotopic (exact) mass is 144 g/mol. The zero-order valence-corrected chi connectivity index (χ0v) is 7.02. The van der Waals surface area contributed by atoms with Crippen molar-refractivity contribution >= 4 is 6.08 Å². The molecule has 1 aromatic carbocycles. The second kappa shape index (κ2) is 2.23. The van der Waals surface area contributed by atoms with Crippen LogP contribution in [0, 0.1) is 13.8 Å². The molecule has 0 aliphatic heterocycles. The van der Waals surface area contributed by atoms with E-state index in [4.69, 9.17) is 0 Å². The minimum absolute atomic E-state index is 1.12. The van der Waals surface area contributed by atoms with Crippen LogP contribution in [0.1, 0.15) is 22.3 Å². The lowest BCUT2D eigenvalue weighted by atomic mass is 10.0. The second-order valence-corrected chi connectivity index (χ2v) is 3.19. The van der Waals surface area contributed by atoms with Crippen molar-refractivity contribution in [1.29, 1.82) is 0 Å². The van der Waals surface area contributed by atoms with E-state index >= 15 is 0 Å². The predicted octanol–water partition coefficient (Wildman–Crippen LogP) is 2.87. The third kappa shape index (κ3) is 0.900. The molecule has 0 heteroatoms. The zero-order chi connectivity index (χ0) is 7.84. The van der Waals surface area contributed by atoms with Gasteiger partial charge in [-0.15, -0.1) is 0 Å². The zero-order valence-electron chi connectivity index (χ0n) is 7.02. The van der Waals surface area contributed by atoms with E-state index in [0.717, 1.165) is 6.42 Å². The average molecular weight is 144 g/mol. The van der Waals surface area contributed by atoms with Gasteiger partial charge in [-0.1, -0.05) is 24.3 Å². The van der Waals surface area contributed by atoms with Gasteiger partial charge in [-0.2, -0.15) is 0 Å². The Bertz CT molecular complexity index is 319. The van der Waals surface area contributed by atoms with E-state index in [0.29, 0.717) is 0 Å². The Kier molecular flexibility index (Phi) is 1.35. The fourth-order valence-electron chi connectivity index (χ4n) is 1.61. The molecule has 0 atom stereocenters. The van der Waals surface area contributed by atoms with Crippen LogP contribution in [0.2, 0.25) is 0 Å². The van der Waals surface area contributed by atoms with Crippen molar-refractivity contribution < 1.29 is 0 Å². The van der Waals surface area contributed by atoms with Gasteiger partial charge in [0.05, 0.1) is 0 Å². The molecule has 0 unspecified atom stereocenters. The topological polar surface area (TPSA) is 0 Å². The molecule has 0 N–H and O–H groups in total. The number of fused-ring (bicyclic) bond motifs is 1. The van der Waals surface area contributed by atoms with Gasteiger partial charge in [-0.3, -0.25) is 0 Å². The van der Waals surface area contributed by atoms with Crippen molar-refractivity contribution in [3.05, 3.63) is 40.5 Å². The van der Waals surface area contributed by atoms with E-state index in [9.17, 15) is 0 Å². The van der Waals surface area contributed by atoms with Crippen molar-refractivity contribution in [3.63, 3.8) is 0 Å². The molecule has 2 rings (SSSR count). The molecule has 56 valence electrons. The van der Waals surface area contributed by atoms with E-state index in [1.807, 2.05) is 0 Å². The summed E-state index contributed by atoms with van der Waals surface area (Å²) in [5.41, 5.74) is 5.77. The number of allylic oxidation sites excluding steroid dienone is 1. The first kappa shape index (κ1) is 6.66. The van der Waals surface area contributed by atoms with Gasteiger partial charge in [0.15, 0.2) is 0 Å². The molecule has 0 amide bonds. The fourth-order valence-corrected chi connectivity index (χ4v) is 1.61. The van der Waals surface area contributed by atoms with E-state index in [1.165, 1.54) is 22.3 Å². The van der Waals surface area contributed by atoms with Crippen molar-refractivity contribution in [2.24, 2.45) is 0 Å². The Labute approximate surface area is 67.6 Å². The summed E-state index contributed by atoms with van der Waals surface area (Å²) in [6.07, 6.45) is 5.59. The SMILES string of the molecule is Cc1ccc2c(c1C)C=CC2. The van der Waals surface area contributed by atoms with Crippen LogP contribution in [-0.2, 0) is 6.42 Å². The minimum atomic E-state index is 1.12. The lowest BCUT2D eigenvalue weighted by molar-refractivity contribution is 1.24. The molecule has 0 saturated heterocycles. The van der Waals surface area contributed by atoms with Gasteiger partial charge in [-0.05, 0) is 42.5 Å². The highest BCUT2D eigenvalue weighted by atomic mass is 14.1. The molecule has 0 heterocycles. The Hall–Kier alpha value is -1.04. The van der Waals surface area contributed by atoms with E-state index in [2.05, 4.69) is 38.1 Å². The molecule has 1 aliphatic rings. The van der Waals surface area contributed by atoms with Crippen LogP contribution in [0.5, 0.6) is 0 Å². The summed E-state index contributed by atoms with van der Waals surface area (Å²) >= 11 is 0. The van der Waals surface area contributed by atoms with Crippen molar-refractivity contribution in [3.8, 4) is 0 Å². The molecule has 0 saturated carbocycles. The fraction of sp³-hybridized carbons (Fsp3) is 0.273. The quantitative estimate of drug-likeness (QED) is 0.525. The van der Waals surface area contributed by atoms with Gasteiger partial charge >= 0.3 is 0 Å². The maximum absolute atomic E-state index is 2.23. The van der Waals surface area contributed by atoms with Gasteiger partial charge in [-0.25, -0.2) is 0 Å². The molecule has 0 spiro atoms. The summed E-state index contributed by atoms with van der Waals surface area (Å²) in [6.45, 7) is 4.37. The van der Waals surface area contributed by atoms with Gasteiger partial charge in [0.2, 0.25) is 0 Å². The molecule has 1 aliphatic carbocycles. The highest BCUT2D eigenvalue weighted by Gasteiger charge is 2.07. The summed E-state index contributed by atoms with van der Waals surface area (Å²) in [5, 5.41) is 0. The summed E-state index contributed by atoms with van der Waals surface area (Å²) in [6, 6.07) is 4.44. The van der Waals surface area contributed by atoms with Gasteiger partial charge < -0.3 is 0 Å². The number of rotatable bonds is 0. The van der Waals surface area contributed by atoms with Gasteiger partial charge in [0.1, 0.15) is 0 Å². The summed E-state index contributed by atoms with van der Waals surface area (Å²) in [4.78, 5) is 0. The first-order valence-electron chi connectivity index (χ1n) is 4.04. The van der Waals surface area contributed by atoms with Crippen molar-refractivity contribution in [2.45, 2.75) is 20.3 Å². The molecule has 0 fully saturated rings. The summed E-state index contributed by atoms with van der Waals surface area (Å²) in [5.74, 6) is 0. The smallest absolute Gasteiger partial charge is 0.00881 e. The molecule has 0 bridgehead atoms. The molecular weight excluding hydrogens is 132 g/mol. The maximum Gasteiger partial charge on any atom is -0.00881 e. The first-order chi connectivity index (χ1) is 5.29. The number of hydrogen-bond acceptors (Lipinski definition) is 0. The Morgan fingerprint density at radius 3 is 2.82 bits per heavy atom. The van der Waals surface area contributed by atoms with Crippen molar-refractivity contribution in [2.75, 3.05) is 0 Å². The lowest BCUT2D eigenvalue weighted by Gasteiger charge is -2.05. The first-order valence-corrected chi connectivity index (χ1v) is 4.04. The Morgan fingerprint density at radius 1 is 1.18 bits per heavy atom. The third-order valence-electron chi connectivity index (χ3n) is 2.50. The molecular formula is C11H12. The number of hydrogen-bond donors (Lipinski definition) is 0. The molecule has 11 heavy (non-hydrogen) atoms. The number of benzene rings is 1. The Balaban J connectivity index is 2.70. The molecule has 0 aromatic heterocycles. The highest BCUT2D eigenvalue weighted by Crippen LogP contribution is 2.24. The summed E-state index contributed by atoms with van der Waals surface area (Å²) in [7, 11) is 0. The van der Waals surface area contributed by atoms with Crippen LogP contribution in [-0.4, -0.2) is 0 Å². The molecule has 1 aromatic rings. The predicted molar refractivity (Wildman–Crippen MR) is 48.7 cm³/mol. The van der Waals surface area contributed by atoms with Crippen LogP contribution in [0.4, 0.5) is 0 Å². The van der Waals surface area contributed by atoms with Crippen LogP contribution in [0.15, 0.2) is 18.2 Å². The normalized spacial score (nSPS) is 13.6. The lowest BCUT2D eigenvalue weighted by Crippen LogP contribution is -1.88.